The van der Waals surface area contributed by atoms with Gasteiger partial charge in [0, 0.05) is 24.9 Å². The van der Waals surface area contributed by atoms with Crippen LogP contribution >= 0.6 is 0 Å². The summed E-state index contributed by atoms with van der Waals surface area (Å²) >= 11 is 0. The molecule has 0 aromatic heterocycles. The zero-order chi connectivity index (χ0) is 21.8. The van der Waals surface area contributed by atoms with Gasteiger partial charge in [-0.05, 0) is 55.3 Å². The molecule has 0 fully saturated rings. The first kappa shape index (κ1) is 21.3. The molecule has 4 rings (SSSR count). The fourth-order valence-electron chi connectivity index (χ4n) is 3.99. The summed E-state index contributed by atoms with van der Waals surface area (Å²) in [5.74, 6) is 0.510. The van der Waals surface area contributed by atoms with Gasteiger partial charge in [-0.15, -0.1) is 0 Å². The standard InChI is InChI=1S/C26H28FNO3/c1-26(2)25(30-17-19-10-7-11-20(27)14-19)24(29-3)22-15-21(12-13-23(22)31-26)28-16-18-8-5-4-6-9-18/h4-15,24-25,28H,16-17H2,1-3H3. The van der Waals surface area contributed by atoms with Gasteiger partial charge < -0.3 is 19.5 Å². The van der Waals surface area contributed by atoms with Gasteiger partial charge in [-0.1, -0.05) is 42.5 Å². The molecule has 1 aliphatic rings. The van der Waals surface area contributed by atoms with E-state index < -0.39 is 5.60 Å². The van der Waals surface area contributed by atoms with Crippen molar-refractivity contribution >= 4 is 5.69 Å². The highest BCUT2D eigenvalue weighted by atomic mass is 19.1. The van der Waals surface area contributed by atoms with Gasteiger partial charge in [0.1, 0.15) is 29.4 Å². The number of benzene rings is 3. The van der Waals surface area contributed by atoms with Crippen molar-refractivity contribution in [2.75, 3.05) is 12.4 Å². The van der Waals surface area contributed by atoms with E-state index in [1.807, 2.05) is 50.2 Å². The number of nitrogens with one attached hydrogen (secondary N) is 1. The third kappa shape index (κ3) is 4.89. The first-order valence-electron chi connectivity index (χ1n) is 10.5. The number of hydrogen-bond acceptors (Lipinski definition) is 4. The molecular weight excluding hydrogens is 393 g/mol. The summed E-state index contributed by atoms with van der Waals surface area (Å²) in [6.07, 6.45) is -0.677. The normalized spacial score (nSPS) is 19.4. The molecule has 1 N–H and O–H groups in total. The average molecular weight is 422 g/mol. The van der Waals surface area contributed by atoms with Gasteiger partial charge in [0.05, 0.1) is 6.61 Å². The first-order chi connectivity index (χ1) is 15.0. The average Bonchev–Trinajstić information content (AvgIpc) is 2.76. The monoisotopic (exact) mass is 421 g/mol. The topological polar surface area (TPSA) is 39.7 Å². The number of anilines is 1. The van der Waals surface area contributed by atoms with E-state index in [2.05, 4.69) is 23.5 Å². The van der Waals surface area contributed by atoms with Crippen molar-refractivity contribution in [2.24, 2.45) is 0 Å². The number of methoxy groups -OCH3 is 1. The molecule has 3 aromatic carbocycles. The van der Waals surface area contributed by atoms with E-state index >= 15 is 0 Å². The molecule has 0 aliphatic carbocycles. The fraction of sp³-hybridized carbons (Fsp3) is 0.308. The fourth-order valence-corrected chi connectivity index (χ4v) is 3.99. The summed E-state index contributed by atoms with van der Waals surface area (Å²) in [4.78, 5) is 0. The van der Waals surface area contributed by atoms with E-state index in [0.717, 1.165) is 29.1 Å². The summed E-state index contributed by atoms with van der Waals surface area (Å²) in [6, 6.07) is 22.7. The van der Waals surface area contributed by atoms with Crippen LogP contribution in [-0.4, -0.2) is 18.8 Å². The second kappa shape index (κ2) is 9.08. The molecule has 3 aromatic rings. The second-order valence-electron chi connectivity index (χ2n) is 8.32. The van der Waals surface area contributed by atoms with Gasteiger partial charge in [-0.25, -0.2) is 4.39 Å². The van der Waals surface area contributed by atoms with Gasteiger partial charge in [0.15, 0.2) is 0 Å². The molecule has 1 heterocycles. The van der Waals surface area contributed by atoms with Crippen molar-refractivity contribution in [1.82, 2.24) is 0 Å². The lowest BCUT2D eigenvalue weighted by molar-refractivity contribution is -0.159. The van der Waals surface area contributed by atoms with Gasteiger partial charge in [0.25, 0.3) is 0 Å². The molecule has 0 saturated carbocycles. The lowest BCUT2D eigenvalue weighted by atomic mass is 9.88. The Bertz CT molecular complexity index is 1020. The van der Waals surface area contributed by atoms with Gasteiger partial charge in [-0.2, -0.15) is 0 Å². The summed E-state index contributed by atoms with van der Waals surface area (Å²) in [5.41, 5.74) is 3.29. The maximum Gasteiger partial charge on any atom is 0.132 e. The number of fused-ring (bicyclic) bond motifs is 1. The molecule has 5 heteroatoms. The van der Waals surface area contributed by atoms with E-state index in [1.165, 1.54) is 17.7 Å². The van der Waals surface area contributed by atoms with Crippen LogP contribution in [0.15, 0.2) is 72.8 Å². The predicted octanol–water partition coefficient (Wildman–Crippen LogP) is 5.88. The Morgan fingerprint density at radius 3 is 2.48 bits per heavy atom. The van der Waals surface area contributed by atoms with Crippen LogP contribution in [0, 0.1) is 5.82 Å². The molecule has 162 valence electrons. The van der Waals surface area contributed by atoms with Crippen LogP contribution in [0.5, 0.6) is 5.75 Å². The molecule has 4 nitrogen and oxygen atoms in total. The zero-order valence-electron chi connectivity index (χ0n) is 18.1. The summed E-state index contributed by atoms with van der Waals surface area (Å²) in [6.45, 7) is 4.97. The van der Waals surface area contributed by atoms with E-state index in [4.69, 9.17) is 14.2 Å². The highest BCUT2D eigenvalue weighted by molar-refractivity contribution is 5.53. The van der Waals surface area contributed by atoms with Crippen LogP contribution in [0.1, 0.15) is 36.6 Å². The first-order valence-corrected chi connectivity index (χ1v) is 10.5. The van der Waals surface area contributed by atoms with Crippen molar-refractivity contribution in [3.8, 4) is 5.75 Å². The van der Waals surface area contributed by atoms with Crippen molar-refractivity contribution in [3.05, 3.63) is 95.3 Å². The molecule has 0 amide bonds. The Morgan fingerprint density at radius 1 is 0.968 bits per heavy atom. The molecule has 0 bridgehead atoms. The molecule has 2 unspecified atom stereocenters. The predicted molar refractivity (Wildman–Crippen MR) is 120 cm³/mol. The van der Waals surface area contributed by atoms with Crippen LogP contribution in [0.2, 0.25) is 0 Å². The molecule has 0 spiro atoms. The van der Waals surface area contributed by atoms with Crippen molar-refractivity contribution in [2.45, 2.75) is 44.8 Å². The molecule has 0 radical (unpaired) electrons. The van der Waals surface area contributed by atoms with Crippen LogP contribution in [0.25, 0.3) is 0 Å². The Kier molecular flexibility index (Phi) is 6.25. The number of ether oxygens (including phenoxy) is 3. The van der Waals surface area contributed by atoms with E-state index in [9.17, 15) is 4.39 Å². The number of rotatable bonds is 7. The minimum absolute atomic E-state index is 0.274. The number of halogens is 1. The third-order valence-electron chi connectivity index (χ3n) is 5.56. The zero-order valence-corrected chi connectivity index (χ0v) is 18.1. The molecule has 2 atom stereocenters. The maximum atomic E-state index is 13.6. The van der Waals surface area contributed by atoms with Gasteiger partial charge in [0.2, 0.25) is 0 Å². The number of hydrogen-bond donors (Lipinski definition) is 1. The van der Waals surface area contributed by atoms with Crippen molar-refractivity contribution in [1.29, 1.82) is 0 Å². The van der Waals surface area contributed by atoms with E-state index in [1.54, 1.807) is 13.2 Å². The van der Waals surface area contributed by atoms with Crippen LogP contribution in [0.3, 0.4) is 0 Å². The van der Waals surface area contributed by atoms with Gasteiger partial charge in [-0.3, -0.25) is 0 Å². The highest BCUT2D eigenvalue weighted by Crippen LogP contribution is 2.44. The van der Waals surface area contributed by atoms with Crippen LogP contribution in [-0.2, 0) is 22.6 Å². The van der Waals surface area contributed by atoms with Crippen LogP contribution in [0.4, 0.5) is 10.1 Å². The molecule has 0 saturated heterocycles. The summed E-state index contributed by atoms with van der Waals surface area (Å²) in [7, 11) is 1.68. The van der Waals surface area contributed by atoms with Crippen molar-refractivity contribution < 1.29 is 18.6 Å². The van der Waals surface area contributed by atoms with E-state index in [0.29, 0.717) is 0 Å². The Labute approximate surface area is 183 Å². The Morgan fingerprint density at radius 2 is 1.74 bits per heavy atom. The van der Waals surface area contributed by atoms with Crippen LogP contribution < -0.4 is 10.1 Å². The van der Waals surface area contributed by atoms with E-state index in [-0.39, 0.29) is 24.6 Å². The highest BCUT2D eigenvalue weighted by Gasteiger charge is 2.45. The van der Waals surface area contributed by atoms with Crippen molar-refractivity contribution in [3.63, 3.8) is 0 Å². The van der Waals surface area contributed by atoms with Gasteiger partial charge >= 0.3 is 0 Å². The summed E-state index contributed by atoms with van der Waals surface area (Å²) in [5, 5.41) is 3.46. The lowest BCUT2D eigenvalue weighted by Crippen LogP contribution is -2.50. The lowest BCUT2D eigenvalue weighted by Gasteiger charge is -2.44. The Balaban J connectivity index is 1.54. The molecule has 1 aliphatic heterocycles. The Hall–Kier alpha value is -2.89. The minimum Gasteiger partial charge on any atom is -0.485 e. The second-order valence-corrected chi connectivity index (χ2v) is 8.32. The molecular formula is C26H28FNO3. The largest absolute Gasteiger partial charge is 0.485 e. The smallest absolute Gasteiger partial charge is 0.132 e. The minimum atomic E-state index is -0.611. The molecule has 31 heavy (non-hydrogen) atoms. The summed E-state index contributed by atoms with van der Waals surface area (Å²) < 4.78 is 32.0. The maximum absolute atomic E-state index is 13.6. The SMILES string of the molecule is COC1c2cc(NCc3ccccc3)ccc2OC(C)(C)C1OCc1cccc(F)c1. The third-order valence-corrected chi connectivity index (χ3v) is 5.56. The quantitative estimate of drug-likeness (QED) is 0.517.